The largest absolute Gasteiger partial charge is 0.349 e. The van der Waals surface area contributed by atoms with Crippen molar-refractivity contribution in [3.8, 4) is 0 Å². The number of sulfonamides is 1. The number of carbonyl (C=O) groups excluding carboxylic acids is 1. The normalized spacial score (nSPS) is 24.4. The Labute approximate surface area is 173 Å². The van der Waals surface area contributed by atoms with E-state index in [1.807, 2.05) is 30.3 Å². The molecule has 2 aliphatic carbocycles. The maximum Gasteiger partial charge on any atom is 0.251 e. The van der Waals surface area contributed by atoms with Crippen LogP contribution in [0.3, 0.4) is 0 Å². The minimum Gasteiger partial charge on any atom is -0.349 e. The van der Waals surface area contributed by atoms with E-state index >= 15 is 0 Å². The van der Waals surface area contributed by atoms with Crippen molar-refractivity contribution in [1.82, 2.24) is 10.0 Å². The van der Waals surface area contributed by atoms with Gasteiger partial charge in [-0.3, -0.25) is 4.79 Å². The van der Waals surface area contributed by atoms with Crippen molar-refractivity contribution in [1.29, 1.82) is 0 Å². The van der Waals surface area contributed by atoms with Crippen LogP contribution >= 0.6 is 0 Å². The van der Waals surface area contributed by atoms with E-state index in [1.165, 1.54) is 37.8 Å². The predicted octanol–water partition coefficient (Wildman–Crippen LogP) is 3.72. The van der Waals surface area contributed by atoms with Crippen molar-refractivity contribution < 1.29 is 13.2 Å². The summed E-state index contributed by atoms with van der Waals surface area (Å²) in [5.41, 5.74) is 1.26. The van der Waals surface area contributed by atoms with Crippen LogP contribution < -0.4 is 10.0 Å². The third-order valence-electron chi connectivity index (χ3n) is 6.51. The first-order valence-corrected chi connectivity index (χ1v) is 11.9. The number of fused-ring (bicyclic) bond motifs is 2. The van der Waals surface area contributed by atoms with Gasteiger partial charge >= 0.3 is 0 Å². The summed E-state index contributed by atoms with van der Waals surface area (Å²) in [4.78, 5) is 12.9. The first kappa shape index (κ1) is 20.1. The first-order valence-electron chi connectivity index (χ1n) is 10.4. The van der Waals surface area contributed by atoms with Crippen LogP contribution in [0, 0.1) is 17.8 Å². The molecule has 6 heteroatoms. The van der Waals surface area contributed by atoms with E-state index in [2.05, 4.69) is 17.0 Å². The highest BCUT2D eigenvalue weighted by Gasteiger charge is 2.42. The number of hydrogen-bond acceptors (Lipinski definition) is 3. The molecule has 2 bridgehead atoms. The van der Waals surface area contributed by atoms with Crippen molar-refractivity contribution in [3.63, 3.8) is 0 Å². The third-order valence-corrected chi connectivity index (χ3v) is 7.91. The van der Waals surface area contributed by atoms with Crippen LogP contribution in [0.5, 0.6) is 0 Å². The number of carbonyl (C=O) groups is 1. The van der Waals surface area contributed by atoms with E-state index in [0.717, 1.165) is 17.4 Å². The molecule has 4 atom stereocenters. The Hall–Kier alpha value is -2.18. The molecular weight excluding hydrogens is 384 g/mol. The smallest absolute Gasteiger partial charge is 0.251 e. The molecule has 0 saturated heterocycles. The zero-order valence-corrected chi connectivity index (χ0v) is 17.5. The van der Waals surface area contributed by atoms with E-state index in [4.69, 9.17) is 0 Å². The predicted molar refractivity (Wildman–Crippen MR) is 113 cm³/mol. The monoisotopic (exact) mass is 412 g/mol. The van der Waals surface area contributed by atoms with Gasteiger partial charge in [0.1, 0.15) is 0 Å². The second kappa shape index (κ2) is 8.28. The summed E-state index contributed by atoms with van der Waals surface area (Å²) in [6, 6.07) is 15.7. The van der Waals surface area contributed by atoms with E-state index in [9.17, 15) is 13.2 Å². The van der Waals surface area contributed by atoms with Crippen molar-refractivity contribution >= 4 is 15.9 Å². The molecule has 4 unspecified atom stereocenters. The Bertz CT molecular complexity index is 975. The Morgan fingerprint density at radius 1 is 1.07 bits per heavy atom. The average Bonchev–Trinajstić information content (AvgIpc) is 3.37. The molecule has 0 aromatic heterocycles. The standard InChI is InChI=1S/C23H28N2O3S/c1-16(22-13-18-10-11-19(22)12-18)25-23(26)20-8-5-9-21(14-20)29(27,28)24-15-17-6-3-2-4-7-17/h2-9,14,16,18-19,22,24H,10-13,15H2,1H3,(H,25,26). The minimum absolute atomic E-state index is 0.105. The van der Waals surface area contributed by atoms with Gasteiger partial charge in [-0.1, -0.05) is 42.8 Å². The van der Waals surface area contributed by atoms with Crippen LogP contribution in [0.25, 0.3) is 0 Å². The Morgan fingerprint density at radius 2 is 1.86 bits per heavy atom. The first-order chi connectivity index (χ1) is 13.9. The molecule has 29 heavy (non-hydrogen) atoms. The number of amides is 1. The maximum absolute atomic E-state index is 12.8. The lowest BCUT2D eigenvalue weighted by atomic mass is 9.84. The molecule has 5 nitrogen and oxygen atoms in total. The average molecular weight is 413 g/mol. The van der Waals surface area contributed by atoms with Crippen molar-refractivity contribution in [2.75, 3.05) is 0 Å². The second-order valence-corrected chi connectivity index (χ2v) is 10.2. The van der Waals surface area contributed by atoms with Gasteiger partial charge in [0.15, 0.2) is 0 Å². The van der Waals surface area contributed by atoms with Crippen LogP contribution in [-0.4, -0.2) is 20.4 Å². The van der Waals surface area contributed by atoms with Gasteiger partial charge in [-0.15, -0.1) is 0 Å². The van der Waals surface area contributed by atoms with Crippen LogP contribution in [0.1, 0.15) is 48.5 Å². The highest BCUT2D eigenvalue weighted by molar-refractivity contribution is 7.89. The summed E-state index contributed by atoms with van der Waals surface area (Å²) in [5, 5.41) is 3.11. The highest BCUT2D eigenvalue weighted by Crippen LogP contribution is 2.49. The van der Waals surface area contributed by atoms with E-state index in [0.29, 0.717) is 11.5 Å². The molecular formula is C23H28N2O3S. The summed E-state index contributed by atoms with van der Waals surface area (Å²) in [7, 11) is -3.70. The lowest BCUT2D eigenvalue weighted by Crippen LogP contribution is -2.40. The molecule has 1 amide bonds. The molecule has 2 aromatic rings. The zero-order chi connectivity index (χ0) is 20.4. The number of hydrogen-bond donors (Lipinski definition) is 2. The maximum atomic E-state index is 12.8. The van der Waals surface area contributed by atoms with Crippen molar-refractivity contribution in [2.24, 2.45) is 17.8 Å². The summed E-state index contributed by atoms with van der Waals surface area (Å²) in [6.45, 7) is 2.28. The van der Waals surface area contributed by atoms with Gasteiger partial charge in [-0.2, -0.15) is 0 Å². The molecule has 154 valence electrons. The Balaban J connectivity index is 1.41. The molecule has 2 aliphatic rings. The topological polar surface area (TPSA) is 75.3 Å². The Morgan fingerprint density at radius 3 is 2.55 bits per heavy atom. The Kier molecular flexibility index (Phi) is 5.74. The summed E-state index contributed by atoms with van der Waals surface area (Å²) < 4.78 is 27.9. The van der Waals surface area contributed by atoms with E-state index in [1.54, 1.807) is 12.1 Å². The van der Waals surface area contributed by atoms with Gasteiger partial charge in [-0.25, -0.2) is 13.1 Å². The molecule has 0 heterocycles. The molecule has 2 N–H and O–H groups in total. The van der Waals surface area contributed by atoms with Gasteiger partial charge in [0, 0.05) is 18.2 Å². The number of benzene rings is 2. The van der Waals surface area contributed by atoms with Crippen molar-refractivity contribution in [2.45, 2.75) is 50.1 Å². The second-order valence-electron chi connectivity index (χ2n) is 8.44. The molecule has 0 spiro atoms. The third kappa shape index (κ3) is 4.54. The SMILES string of the molecule is CC(NC(=O)c1cccc(S(=O)(=O)NCc2ccccc2)c1)C1CC2CCC1C2. The van der Waals surface area contributed by atoms with Gasteiger partial charge in [0.25, 0.3) is 5.91 Å². The van der Waals surface area contributed by atoms with E-state index < -0.39 is 10.0 Å². The quantitative estimate of drug-likeness (QED) is 0.728. The molecule has 0 radical (unpaired) electrons. The van der Waals surface area contributed by atoms with E-state index in [-0.39, 0.29) is 23.4 Å². The molecule has 0 aliphatic heterocycles. The molecule has 2 saturated carbocycles. The lowest BCUT2D eigenvalue weighted by molar-refractivity contribution is 0.0915. The summed E-state index contributed by atoms with van der Waals surface area (Å²) in [6.07, 6.45) is 5.10. The van der Waals surface area contributed by atoms with Gasteiger partial charge in [0.2, 0.25) is 10.0 Å². The minimum atomic E-state index is -3.70. The molecule has 4 rings (SSSR count). The fourth-order valence-electron chi connectivity index (χ4n) is 4.97. The van der Waals surface area contributed by atoms with Crippen LogP contribution in [0.2, 0.25) is 0 Å². The zero-order valence-electron chi connectivity index (χ0n) is 16.7. The van der Waals surface area contributed by atoms with Gasteiger partial charge in [0.05, 0.1) is 4.90 Å². The highest BCUT2D eigenvalue weighted by atomic mass is 32.2. The van der Waals surface area contributed by atoms with Crippen LogP contribution in [0.15, 0.2) is 59.5 Å². The lowest BCUT2D eigenvalue weighted by Gasteiger charge is -2.28. The van der Waals surface area contributed by atoms with Gasteiger partial charge < -0.3 is 5.32 Å². The summed E-state index contributed by atoms with van der Waals surface area (Å²) in [5.74, 6) is 1.88. The van der Waals surface area contributed by atoms with Crippen LogP contribution in [-0.2, 0) is 16.6 Å². The van der Waals surface area contributed by atoms with Crippen molar-refractivity contribution in [3.05, 3.63) is 65.7 Å². The molecule has 2 aromatic carbocycles. The number of rotatable bonds is 7. The fourth-order valence-corrected chi connectivity index (χ4v) is 6.03. The molecule has 2 fully saturated rings. The fraction of sp³-hybridized carbons (Fsp3) is 0.435. The summed E-state index contributed by atoms with van der Waals surface area (Å²) >= 11 is 0. The van der Waals surface area contributed by atoms with Gasteiger partial charge in [-0.05, 0) is 67.7 Å². The number of nitrogens with one attached hydrogen (secondary N) is 2. The van der Waals surface area contributed by atoms with Crippen LogP contribution in [0.4, 0.5) is 0 Å².